The summed E-state index contributed by atoms with van der Waals surface area (Å²) in [5, 5.41) is 2.34. The smallest absolute Gasteiger partial charge is 0.328 e. The van der Waals surface area contributed by atoms with Gasteiger partial charge in [-0.25, -0.2) is 4.79 Å². The molecule has 0 fully saturated rings. The van der Waals surface area contributed by atoms with Crippen molar-refractivity contribution in [2.45, 2.75) is 19.9 Å². The molecule has 0 heterocycles. The van der Waals surface area contributed by atoms with E-state index in [1.165, 1.54) is 13.8 Å². The second-order valence-electron chi connectivity index (χ2n) is 4.08. The Kier molecular flexibility index (Phi) is 7.27. The van der Waals surface area contributed by atoms with Gasteiger partial charge in [-0.2, -0.15) is 0 Å². The summed E-state index contributed by atoms with van der Waals surface area (Å²) in [7, 11) is 3.35. The number of esters is 3. The summed E-state index contributed by atoms with van der Waals surface area (Å²) in [6, 6.07) is -1.17. The lowest BCUT2D eigenvalue weighted by molar-refractivity contribution is -0.163. The van der Waals surface area contributed by atoms with Crippen LogP contribution in [0.4, 0.5) is 0 Å². The van der Waals surface area contributed by atoms with Gasteiger partial charge in [0.05, 0.1) is 21.3 Å². The number of carbonyl (C=O) groups excluding carboxylic acids is 4. The fourth-order valence-corrected chi connectivity index (χ4v) is 1.72. The van der Waals surface area contributed by atoms with Crippen molar-refractivity contribution in [2.75, 3.05) is 21.3 Å². The SMILES string of the molecule is COC(=O)C(C(=O)OC)[C@@H](C)[C@@H](NC(C)=O)C(=O)OC. The predicted octanol–water partition coefficient (Wildman–Crippen LogP) is -0.738. The van der Waals surface area contributed by atoms with Crippen LogP contribution in [0.1, 0.15) is 13.8 Å². The molecule has 0 aromatic heterocycles. The number of hydrogen-bond donors (Lipinski definition) is 1. The maximum absolute atomic E-state index is 11.7. The van der Waals surface area contributed by atoms with E-state index in [0.717, 1.165) is 21.3 Å². The zero-order valence-corrected chi connectivity index (χ0v) is 12.1. The molecule has 2 atom stereocenters. The number of amides is 1. The van der Waals surface area contributed by atoms with E-state index in [9.17, 15) is 19.2 Å². The average molecular weight is 289 g/mol. The van der Waals surface area contributed by atoms with Gasteiger partial charge in [0.15, 0.2) is 5.92 Å². The van der Waals surface area contributed by atoms with Gasteiger partial charge >= 0.3 is 17.9 Å². The van der Waals surface area contributed by atoms with Crippen molar-refractivity contribution in [3.05, 3.63) is 0 Å². The Morgan fingerprint density at radius 2 is 1.25 bits per heavy atom. The Hall–Kier alpha value is -2.12. The highest BCUT2D eigenvalue weighted by atomic mass is 16.5. The van der Waals surface area contributed by atoms with Gasteiger partial charge < -0.3 is 19.5 Å². The summed E-state index contributed by atoms with van der Waals surface area (Å²) in [6.07, 6.45) is 0. The summed E-state index contributed by atoms with van der Waals surface area (Å²) in [4.78, 5) is 46.1. The maximum Gasteiger partial charge on any atom is 0.328 e. The highest BCUT2D eigenvalue weighted by Crippen LogP contribution is 2.20. The minimum Gasteiger partial charge on any atom is -0.468 e. The molecular weight excluding hydrogens is 270 g/mol. The molecule has 1 N–H and O–H groups in total. The van der Waals surface area contributed by atoms with Gasteiger partial charge in [0, 0.05) is 12.8 Å². The van der Waals surface area contributed by atoms with Gasteiger partial charge in [0.1, 0.15) is 6.04 Å². The van der Waals surface area contributed by atoms with Crippen molar-refractivity contribution in [2.24, 2.45) is 11.8 Å². The van der Waals surface area contributed by atoms with Gasteiger partial charge in [0.25, 0.3) is 0 Å². The van der Waals surface area contributed by atoms with Crippen LogP contribution in [0.3, 0.4) is 0 Å². The first-order chi connectivity index (χ1) is 9.29. The normalized spacial score (nSPS) is 13.1. The van der Waals surface area contributed by atoms with Crippen molar-refractivity contribution in [1.29, 1.82) is 0 Å². The molecule has 0 aromatic rings. The number of carbonyl (C=O) groups is 4. The predicted molar refractivity (Wildman–Crippen MR) is 66.3 cm³/mol. The molecule has 0 bridgehead atoms. The van der Waals surface area contributed by atoms with Crippen LogP contribution in [0.2, 0.25) is 0 Å². The quantitative estimate of drug-likeness (QED) is 0.390. The topological polar surface area (TPSA) is 108 Å². The third-order valence-corrected chi connectivity index (χ3v) is 2.78. The van der Waals surface area contributed by atoms with Crippen LogP contribution in [0.5, 0.6) is 0 Å². The van der Waals surface area contributed by atoms with Crippen molar-refractivity contribution < 1.29 is 33.4 Å². The average Bonchev–Trinajstić information content (AvgIpc) is 2.42. The highest BCUT2D eigenvalue weighted by Gasteiger charge is 2.42. The van der Waals surface area contributed by atoms with Crippen LogP contribution in [0.15, 0.2) is 0 Å². The summed E-state index contributed by atoms with van der Waals surface area (Å²) in [5.74, 6) is -5.23. The molecule has 0 aliphatic rings. The fraction of sp³-hybridized carbons (Fsp3) is 0.667. The van der Waals surface area contributed by atoms with Crippen molar-refractivity contribution in [3.8, 4) is 0 Å². The largest absolute Gasteiger partial charge is 0.468 e. The lowest BCUT2D eigenvalue weighted by Gasteiger charge is -2.26. The van der Waals surface area contributed by atoms with E-state index in [1.54, 1.807) is 0 Å². The molecule has 0 saturated heterocycles. The minimum atomic E-state index is -1.35. The summed E-state index contributed by atoms with van der Waals surface area (Å²) in [6.45, 7) is 2.64. The first-order valence-electron chi connectivity index (χ1n) is 5.80. The van der Waals surface area contributed by atoms with E-state index in [2.05, 4.69) is 19.5 Å². The molecule has 8 heteroatoms. The molecule has 20 heavy (non-hydrogen) atoms. The lowest BCUT2D eigenvalue weighted by atomic mass is 9.87. The second-order valence-corrected chi connectivity index (χ2v) is 4.08. The highest BCUT2D eigenvalue weighted by molar-refractivity contribution is 5.96. The van der Waals surface area contributed by atoms with Crippen molar-refractivity contribution >= 4 is 23.8 Å². The standard InChI is InChI=1S/C12H19NO7/c1-6(8(10(15)18-3)11(16)19-4)9(12(17)20-5)13-7(2)14/h6,8-9H,1-5H3,(H,13,14)/t6-,9-/m1/s1. The molecule has 0 saturated carbocycles. The number of hydrogen-bond acceptors (Lipinski definition) is 7. The van der Waals surface area contributed by atoms with E-state index < -0.39 is 41.7 Å². The Morgan fingerprint density at radius 3 is 1.55 bits per heavy atom. The zero-order chi connectivity index (χ0) is 15.9. The molecule has 1 amide bonds. The van der Waals surface area contributed by atoms with Gasteiger partial charge in [-0.05, 0) is 0 Å². The Labute approximate surface area is 116 Å². The Bertz CT molecular complexity index is 377. The Balaban J connectivity index is 5.38. The zero-order valence-electron chi connectivity index (χ0n) is 12.1. The Morgan fingerprint density at radius 1 is 0.850 bits per heavy atom. The minimum absolute atomic E-state index is 0.499. The summed E-state index contributed by atoms with van der Waals surface area (Å²) >= 11 is 0. The lowest BCUT2D eigenvalue weighted by Crippen LogP contribution is -2.50. The third-order valence-electron chi connectivity index (χ3n) is 2.78. The molecule has 0 spiro atoms. The van der Waals surface area contributed by atoms with Crippen molar-refractivity contribution in [1.82, 2.24) is 5.32 Å². The molecule has 0 radical (unpaired) electrons. The molecular formula is C12H19NO7. The number of ether oxygens (including phenoxy) is 3. The maximum atomic E-state index is 11.7. The molecule has 0 aliphatic heterocycles. The van der Waals surface area contributed by atoms with Crippen LogP contribution in [-0.2, 0) is 33.4 Å². The van der Waals surface area contributed by atoms with E-state index >= 15 is 0 Å². The van der Waals surface area contributed by atoms with E-state index in [0.29, 0.717) is 0 Å². The molecule has 0 aromatic carbocycles. The molecule has 8 nitrogen and oxygen atoms in total. The first-order valence-corrected chi connectivity index (χ1v) is 5.80. The van der Waals surface area contributed by atoms with E-state index in [-0.39, 0.29) is 0 Å². The number of methoxy groups -OCH3 is 3. The van der Waals surface area contributed by atoms with Crippen LogP contribution in [-0.4, -0.2) is 51.2 Å². The third kappa shape index (κ3) is 4.52. The summed E-state index contributed by atoms with van der Waals surface area (Å²) < 4.78 is 13.6. The monoisotopic (exact) mass is 289 g/mol. The van der Waals surface area contributed by atoms with Gasteiger partial charge in [-0.3, -0.25) is 14.4 Å². The van der Waals surface area contributed by atoms with Gasteiger partial charge in [0.2, 0.25) is 5.91 Å². The van der Waals surface area contributed by atoms with Crippen molar-refractivity contribution in [3.63, 3.8) is 0 Å². The molecule has 0 unspecified atom stereocenters. The molecule has 0 aliphatic carbocycles. The molecule has 0 rings (SSSR count). The van der Waals surface area contributed by atoms with Gasteiger partial charge in [-0.1, -0.05) is 6.92 Å². The van der Waals surface area contributed by atoms with E-state index in [1.807, 2.05) is 0 Å². The number of nitrogens with one attached hydrogen (secondary N) is 1. The van der Waals surface area contributed by atoms with Crippen LogP contribution in [0, 0.1) is 11.8 Å². The number of rotatable bonds is 6. The van der Waals surface area contributed by atoms with E-state index in [4.69, 9.17) is 0 Å². The van der Waals surface area contributed by atoms with Crippen LogP contribution < -0.4 is 5.32 Å². The molecule has 114 valence electrons. The summed E-state index contributed by atoms with van der Waals surface area (Å²) in [5.41, 5.74) is 0. The second kappa shape index (κ2) is 8.13. The van der Waals surface area contributed by atoms with Crippen LogP contribution >= 0.6 is 0 Å². The fourth-order valence-electron chi connectivity index (χ4n) is 1.72. The first kappa shape index (κ1) is 17.9. The van der Waals surface area contributed by atoms with Crippen LogP contribution in [0.25, 0.3) is 0 Å². The van der Waals surface area contributed by atoms with Gasteiger partial charge in [-0.15, -0.1) is 0 Å².